The number of benzene rings is 1. The molecule has 1 aromatic heterocycles. The Labute approximate surface area is 116 Å². The molecule has 1 heteroatoms. The molecule has 0 amide bonds. The zero-order valence-electron chi connectivity index (χ0n) is 11.5. The van der Waals surface area contributed by atoms with Gasteiger partial charge in [-0.25, -0.2) is 0 Å². The number of unbranched alkanes of at least 4 members (excludes halogenated alkanes) is 3. The molecule has 0 saturated heterocycles. The van der Waals surface area contributed by atoms with Crippen molar-refractivity contribution < 1.29 is 0 Å². The number of pyridine rings is 1. The van der Waals surface area contributed by atoms with E-state index in [-0.39, 0.29) is 0 Å². The highest BCUT2D eigenvalue weighted by Crippen LogP contribution is 2.22. The standard InChI is InChI=1S/C18H21N/c1-2-3-4-8-13-17(16-11-6-5-7-12-16)18-14-9-10-15-19-18/h5-7,9-15H,2-4,8H2,1H3/b17-13+. The van der Waals surface area contributed by atoms with Crippen LogP contribution in [-0.2, 0) is 0 Å². The quantitative estimate of drug-likeness (QED) is 0.651. The lowest BCUT2D eigenvalue weighted by molar-refractivity contribution is 0.729. The lowest BCUT2D eigenvalue weighted by Crippen LogP contribution is -1.91. The molecule has 2 rings (SSSR count). The van der Waals surface area contributed by atoms with Crippen molar-refractivity contribution in [1.82, 2.24) is 4.98 Å². The minimum absolute atomic E-state index is 1.06. The molecule has 0 fully saturated rings. The number of nitrogens with zero attached hydrogens (tertiary/aromatic N) is 1. The highest BCUT2D eigenvalue weighted by molar-refractivity contribution is 5.77. The summed E-state index contributed by atoms with van der Waals surface area (Å²) >= 11 is 0. The third-order valence-corrected chi connectivity index (χ3v) is 3.18. The fraction of sp³-hybridized carbons (Fsp3) is 0.278. The van der Waals surface area contributed by atoms with Crippen LogP contribution in [0.2, 0.25) is 0 Å². The number of rotatable bonds is 6. The van der Waals surface area contributed by atoms with Crippen molar-refractivity contribution in [2.45, 2.75) is 32.6 Å². The smallest absolute Gasteiger partial charge is 0.0704 e. The first-order valence-corrected chi connectivity index (χ1v) is 7.09. The van der Waals surface area contributed by atoms with Crippen LogP contribution in [0.3, 0.4) is 0 Å². The third-order valence-electron chi connectivity index (χ3n) is 3.18. The van der Waals surface area contributed by atoms with Crippen LogP contribution in [0.5, 0.6) is 0 Å². The topological polar surface area (TPSA) is 12.9 Å². The summed E-state index contributed by atoms with van der Waals surface area (Å²) in [5, 5.41) is 0. The first-order valence-electron chi connectivity index (χ1n) is 7.09. The van der Waals surface area contributed by atoms with E-state index < -0.39 is 0 Å². The second-order valence-electron chi connectivity index (χ2n) is 4.69. The number of hydrogen-bond acceptors (Lipinski definition) is 1. The van der Waals surface area contributed by atoms with E-state index in [1.165, 1.54) is 30.4 Å². The average Bonchev–Trinajstić information content (AvgIpc) is 2.49. The van der Waals surface area contributed by atoms with E-state index in [4.69, 9.17) is 0 Å². The molecule has 0 bridgehead atoms. The molecule has 0 aliphatic rings. The molecule has 0 aliphatic carbocycles. The summed E-state index contributed by atoms with van der Waals surface area (Å²) in [5.41, 5.74) is 3.56. The van der Waals surface area contributed by atoms with Gasteiger partial charge in [-0.3, -0.25) is 4.98 Å². The van der Waals surface area contributed by atoms with Crippen molar-refractivity contribution in [3.63, 3.8) is 0 Å². The maximum Gasteiger partial charge on any atom is 0.0704 e. The lowest BCUT2D eigenvalue weighted by Gasteiger charge is -2.07. The Bertz CT molecular complexity index is 458. The number of hydrogen-bond donors (Lipinski definition) is 0. The van der Waals surface area contributed by atoms with Gasteiger partial charge in [0.1, 0.15) is 0 Å². The zero-order chi connectivity index (χ0) is 13.3. The van der Waals surface area contributed by atoms with E-state index in [1.807, 2.05) is 18.3 Å². The van der Waals surface area contributed by atoms with Crippen LogP contribution in [0.15, 0.2) is 60.8 Å². The fourth-order valence-electron chi connectivity index (χ4n) is 2.15. The number of aromatic nitrogens is 1. The summed E-state index contributed by atoms with van der Waals surface area (Å²) in [6.07, 6.45) is 9.11. The number of allylic oxidation sites excluding steroid dienone is 1. The normalized spacial score (nSPS) is 11.5. The molecule has 1 aromatic carbocycles. The van der Waals surface area contributed by atoms with Crippen molar-refractivity contribution in [2.75, 3.05) is 0 Å². The Kier molecular flexibility index (Phi) is 5.36. The lowest BCUT2D eigenvalue weighted by atomic mass is 10.00. The van der Waals surface area contributed by atoms with Crippen LogP contribution >= 0.6 is 0 Å². The van der Waals surface area contributed by atoms with Crippen molar-refractivity contribution in [3.8, 4) is 0 Å². The summed E-state index contributed by atoms with van der Waals surface area (Å²) < 4.78 is 0. The minimum atomic E-state index is 1.06. The van der Waals surface area contributed by atoms with E-state index in [0.717, 1.165) is 12.1 Å². The van der Waals surface area contributed by atoms with Gasteiger partial charge in [0.2, 0.25) is 0 Å². The fourth-order valence-corrected chi connectivity index (χ4v) is 2.15. The van der Waals surface area contributed by atoms with Gasteiger partial charge in [-0.05, 0) is 30.5 Å². The van der Waals surface area contributed by atoms with Gasteiger partial charge < -0.3 is 0 Å². The second-order valence-corrected chi connectivity index (χ2v) is 4.69. The molecule has 19 heavy (non-hydrogen) atoms. The summed E-state index contributed by atoms with van der Waals surface area (Å²) in [6.45, 7) is 2.24. The molecule has 0 atom stereocenters. The van der Waals surface area contributed by atoms with E-state index in [2.05, 4.69) is 54.4 Å². The van der Waals surface area contributed by atoms with Gasteiger partial charge in [0.15, 0.2) is 0 Å². The first kappa shape index (κ1) is 13.5. The molecule has 0 spiro atoms. The van der Waals surface area contributed by atoms with Crippen LogP contribution in [0, 0.1) is 0 Å². The highest BCUT2D eigenvalue weighted by atomic mass is 14.7. The average molecular weight is 251 g/mol. The molecule has 0 unspecified atom stereocenters. The molecule has 1 heterocycles. The summed E-state index contributed by atoms with van der Waals surface area (Å²) in [6, 6.07) is 16.6. The largest absolute Gasteiger partial charge is 0.256 e. The van der Waals surface area contributed by atoms with Crippen molar-refractivity contribution in [3.05, 3.63) is 72.1 Å². The molecule has 98 valence electrons. The minimum Gasteiger partial charge on any atom is -0.256 e. The van der Waals surface area contributed by atoms with Crippen LogP contribution in [-0.4, -0.2) is 4.98 Å². The van der Waals surface area contributed by atoms with Gasteiger partial charge >= 0.3 is 0 Å². The summed E-state index contributed by atoms with van der Waals surface area (Å²) in [5.74, 6) is 0. The van der Waals surface area contributed by atoms with Crippen LogP contribution in [0.25, 0.3) is 5.57 Å². The van der Waals surface area contributed by atoms with Gasteiger partial charge in [-0.2, -0.15) is 0 Å². The summed E-state index contributed by atoms with van der Waals surface area (Å²) in [7, 11) is 0. The first-order chi connectivity index (χ1) is 9.42. The predicted molar refractivity (Wildman–Crippen MR) is 81.9 cm³/mol. The third kappa shape index (κ3) is 4.06. The Morgan fingerprint density at radius 2 is 1.79 bits per heavy atom. The highest BCUT2D eigenvalue weighted by Gasteiger charge is 2.04. The van der Waals surface area contributed by atoms with Crippen molar-refractivity contribution in [1.29, 1.82) is 0 Å². The summed E-state index contributed by atoms with van der Waals surface area (Å²) in [4.78, 5) is 4.49. The maximum absolute atomic E-state index is 4.49. The monoisotopic (exact) mass is 251 g/mol. The molecular formula is C18H21N. The molecular weight excluding hydrogens is 230 g/mol. The molecule has 0 radical (unpaired) electrons. The van der Waals surface area contributed by atoms with E-state index in [9.17, 15) is 0 Å². The van der Waals surface area contributed by atoms with Gasteiger partial charge in [0.05, 0.1) is 5.69 Å². The Balaban J connectivity index is 2.24. The van der Waals surface area contributed by atoms with Gasteiger partial charge in [0.25, 0.3) is 0 Å². The van der Waals surface area contributed by atoms with Crippen molar-refractivity contribution >= 4 is 5.57 Å². The zero-order valence-corrected chi connectivity index (χ0v) is 11.5. The Morgan fingerprint density at radius 3 is 2.47 bits per heavy atom. The molecule has 1 nitrogen and oxygen atoms in total. The SMILES string of the molecule is CCCCC/C=C(\c1ccccc1)c1ccccn1. The maximum atomic E-state index is 4.49. The van der Waals surface area contributed by atoms with Gasteiger partial charge in [0, 0.05) is 11.8 Å². The second kappa shape index (κ2) is 7.52. The van der Waals surface area contributed by atoms with E-state index >= 15 is 0 Å². The van der Waals surface area contributed by atoms with Gasteiger partial charge in [-0.1, -0.05) is 62.2 Å². The van der Waals surface area contributed by atoms with Crippen LogP contribution in [0.1, 0.15) is 43.9 Å². The van der Waals surface area contributed by atoms with Crippen molar-refractivity contribution in [2.24, 2.45) is 0 Å². The van der Waals surface area contributed by atoms with E-state index in [1.54, 1.807) is 0 Å². The van der Waals surface area contributed by atoms with Crippen LogP contribution in [0.4, 0.5) is 0 Å². The Hall–Kier alpha value is -1.89. The molecule has 0 aliphatic heterocycles. The Morgan fingerprint density at radius 1 is 1.00 bits per heavy atom. The molecule has 0 N–H and O–H groups in total. The molecule has 2 aromatic rings. The van der Waals surface area contributed by atoms with Crippen LogP contribution < -0.4 is 0 Å². The predicted octanol–water partition coefficient (Wildman–Crippen LogP) is 5.09. The van der Waals surface area contributed by atoms with E-state index in [0.29, 0.717) is 0 Å². The molecule has 0 saturated carbocycles. The van der Waals surface area contributed by atoms with Gasteiger partial charge in [-0.15, -0.1) is 0 Å².